The zero-order chi connectivity index (χ0) is 12.5. The van der Waals surface area contributed by atoms with Gasteiger partial charge in [0.25, 0.3) is 0 Å². The van der Waals surface area contributed by atoms with Gasteiger partial charge in [-0.2, -0.15) is 0 Å². The maximum Gasteiger partial charge on any atom is 0.149 e. The van der Waals surface area contributed by atoms with Crippen LogP contribution in [0.5, 0.6) is 0 Å². The lowest BCUT2D eigenvalue weighted by molar-refractivity contribution is 0.298. The molecule has 0 aromatic carbocycles. The molecule has 3 N–H and O–H groups in total. The second-order valence-corrected chi connectivity index (χ2v) is 4.10. The minimum Gasteiger partial charge on any atom is -0.396 e. The highest BCUT2D eigenvalue weighted by atomic mass is 15.1. The molecule has 0 radical (unpaired) electrons. The van der Waals surface area contributed by atoms with Gasteiger partial charge in [-0.3, -0.25) is 0 Å². The van der Waals surface area contributed by atoms with Crippen LogP contribution < -0.4 is 11.1 Å². The fraction of sp³-hybridized carbons (Fsp3) is 0.615. The summed E-state index contributed by atoms with van der Waals surface area (Å²) >= 11 is 0. The Bertz CT molecular complexity index is 310. The van der Waals surface area contributed by atoms with E-state index in [4.69, 9.17) is 5.73 Å². The SMILES string of the molecule is CCN(CC)CCCCNc1ncccc1N. The molecule has 0 amide bonds. The Morgan fingerprint density at radius 2 is 2.06 bits per heavy atom. The van der Waals surface area contributed by atoms with Gasteiger partial charge >= 0.3 is 0 Å². The first-order valence-electron chi connectivity index (χ1n) is 6.44. The van der Waals surface area contributed by atoms with E-state index in [-0.39, 0.29) is 0 Å². The van der Waals surface area contributed by atoms with Crippen LogP contribution in [0.1, 0.15) is 26.7 Å². The zero-order valence-electron chi connectivity index (χ0n) is 10.9. The molecule has 1 aromatic rings. The molecule has 1 heterocycles. The predicted octanol–water partition coefficient (Wildman–Crippen LogP) is 2.20. The van der Waals surface area contributed by atoms with E-state index < -0.39 is 0 Å². The van der Waals surface area contributed by atoms with Gasteiger partial charge in [-0.15, -0.1) is 0 Å². The monoisotopic (exact) mass is 236 g/mol. The van der Waals surface area contributed by atoms with E-state index in [2.05, 4.69) is 29.0 Å². The normalized spacial score (nSPS) is 10.8. The number of rotatable bonds is 8. The van der Waals surface area contributed by atoms with Gasteiger partial charge in [0.15, 0.2) is 0 Å². The van der Waals surface area contributed by atoms with Crippen LogP contribution in [0.25, 0.3) is 0 Å². The number of aromatic nitrogens is 1. The molecule has 0 unspecified atom stereocenters. The summed E-state index contributed by atoms with van der Waals surface area (Å²) < 4.78 is 0. The van der Waals surface area contributed by atoms with E-state index in [0.29, 0.717) is 0 Å². The number of nitrogens with two attached hydrogens (primary N) is 1. The number of hydrogen-bond acceptors (Lipinski definition) is 4. The highest BCUT2D eigenvalue weighted by Crippen LogP contribution is 2.12. The van der Waals surface area contributed by atoms with Gasteiger partial charge in [-0.25, -0.2) is 4.98 Å². The highest BCUT2D eigenvalue weighted by Gasteiger charge is 1.99. The fourth-order valence-corrected chi connectivity index (χ4v) is 1.77. The van der Waals surface area contributed by atoms with E-state index >= 15 is 0 Å². The first kappa shape index (κ1) is 13.8. The van der Waals surface area contributed by atoms with E-state index in [9.17, 15) is 0 Å². The van der Waals surface area contributed by atoms with Crippen LogP contribution in [0.15, 0.2) is 18.3 Å². The lowest BCUT2D eigenvalue weighted by atomic mass is 10.3. The molecule has 1 aromatic heterocycles. The van der Waals surface area contributed by atoms with Gasteiger partial charge in [-0.1, -0.05) is 13.8 Å². The molecule has 1 rings (SSSR count). The van der Waals surface area contributed by atoms with Gasteiger partial charge in [0.2, 0.25) is 0 Å². The number of anilines is 2. The lowest BCUT2D eigenvalue weighted by Gasteiger charge is -2.17. The van der Waals surface area contributed by atoms with Crippen molar-refractivity contribution in [3.63, 3.8) is 0 Å². The molecular weight excluding hydrogens is 212 g/mol. The fourth-order valence-electron chi connectivity index (χ4n) is 1.77. The number of hydrogen-bond donors (Lipinski definition) is 2. The summed E-state index contributed by atoms with van der Waals surface area (Å²) in [5.74, 6) is 0.801. The van der Waals surface area contributed by atoms with Crippen LogP contribution in [-0.4, -0.2) is 36.1 Å². The summed E-state index contributed by atoms with van der Waals surface area (Å²) in [7, 11) is 0. The average Bonchev–Trinajstić information content (AvgIpc) is 2.36. The molecule has 0 atom stereocenters. The van der Waals surface area contributed by atoms with Gasteiger partial charge in [0.1, 0.15) is 5.82 Å². The largest absolute Gasteiger partial charge is 0.396 e. The zero-order valence-corrected chi connectivity index (χ0v) is 10.9. The standard InChI is InChI=1S/C13H24N4/c1-3-17(4-2)11-6-5-9-15-13-12(14)8-7-10-16-13/h7-8,10H,3-6,9,11,14H2,1-2H3,(H,15,16). The molecule has 4 heteroatoms. The summed E-state index contributed by atoms with van der Waals surface area (Å²) in [4.78, 5) is 6.64. The molecule has 0 bridgehead atoms. The van der Waals surface area contributed by atoms with Gasteiger partial charge in [0, 0.05) is 12.7 Å². The first-order chi connectivity index (χ1) is 8.27. The topological polar surface area (TPSA) is 54.2 Å². The van der Waals surface area contributed by atoms with Crippen molar-refractivity contribution in [2.75, 3.05) is 37.2 Å². The van der Waals surface area contributed by atoms with Gasteiger partial charge in [0.05, 0.1) is 5.69 Å². The Labute approximate surface area is 104 Å². The number of pyridine rings is 1. The Morgan fingerprint density at radius 1 is 1.29 bits per heavy atom. The minimum absolute atomic E-state index is 0.719. The quantitative estimate of drug-likeness (QED) is 0.679. The van der Waals surface area contributed by atoms with Crippen molar-refractivity contribution in [2.45, 2.75) is 26.7 Å². The maximum atomic E-state index is 5.79. The van der Waals surface area contributed by atoms with E-state index in [0.717, 1.165) is 37.6 Å². The van der Waals surface area contributed by atoms with Crippen molar-refractivity contribution in [2.24, 2.45) is 0 Å². The van der Waals surface area contributed by atoms with Crippen LogP contribution >= 0.6 is 0 Å². The van der Waals surface area contributed by atoms with Crippen LogP contribution in [0.2, 0.25) is 0 Å². The molecule has 0 spiro atoms. The third kappa shape index (κ3) is 5.04. The average molecular weight is 236 g/mol. The highest BCUT2D eigenvalue weighted by molar-refractivity contribution is 5.60. The molecule has 96 valence electrons. The first-order valence-corrected chi connectivity index (χ1v) is 6.44. The maximum absolute atomic E-state index is 5.79. The summed E-state index contributed by atoms with van der Waals surface area (Å²) in [6.45, 7) is 8.79. The number of nitrogens with one attached hydrogen (secondary N) is 1. The lowest BCUT2D eigenvalue weighted by Crippen LogP contribution is -2.24. The van der Waals surface area contributed by atoms with Crippen molar-refractivity contribution in [1.29, 1.82) is 0 Å². The second kappa shape index (κ2) is 7.90. The van der Waals surface area contributed by atoms with Crippen molar-refractivity contribution >= 4 is 11.5 Å². The van der Waals surface area contributed by atoms with Crippen LogP contribution in [0.3, 0.4) is 0 Å². The number of nitrogen functional groups attached to an aromatic ring is 1. The van der Waals surface area contributed by atoms with Crippen molar-refractivity contribution < 1.29 is 0 Å². The van der Waals surface area contributed by atoms with Gasteiger partial charge < -0.3 is 16.0 Å². The molecule has 4 nitrogen and oxygen atoms in total. The summed E-state index contributed by atoms with van der Waals surface area (Å²) in [5, 5.41) is 3.27. The van der Waals surface area contributed by atoms with Crippen LogP contribution in [0.4, 0.5) is 11.5 Å². The van der Waals surface area contributed by atoms with Crippen LogP contribution in [-0.2, 0) is 0 Å². The summed E-state index contributed by atoms with van der Waals surface area (Å²) in [5.41, 5.74) is 6.51. The number of nitrogens with zero attached hydrogens (tertiary/aromatic N) is 2. The van der Waals surface area contributed by atoms with Gasteiger partial charge in [-0.05, 0) is 44.6 Å². The smallest absolute Gasteiger partial charge is 0.149 e. The third-order valence-electron chi connectivity index (χ3n) is 2.93. The molecule has 0 fully saturated rings. The van der Waals surface area contributed by atoms with E-state index in [1.165, 1.54) is 13.0 Å². The number of unbranched alkanes of at least 4 members (excludes halogenated alkanes) is 1. The Morgan fingerprint density at radius 3 is 2.71 bits per heavy atom. The Kier molecular flexibility index (Phi) is 6.40. The molecule has 0 aliphatic rings. The summed E-state index contributed by atoms with van der Waals surface area (Å²) in [6, 6.07) is 3.71. The Balaban J connectivity index is 2.14. The third-order valence-corrected chi connectivity index (χ3v) is 2.93. The molecule has 0 aliphatic carbocycles. The van der Waals surface area contributed by atoms with E-state index in [1.807, 2.05) is 12.1 Å². The minimum atomic E-state index is 0.719. The van der Waals surface area contributed by atoms with Crippen molar-refractivity contribution in [3.05, 3.63) is 18.3 Å². The molecule has 0 saturated heterocycles. The molecule has 0 saturated carbocycles. The van der Waals surface area contributed by atoms with Crippen molar-refractivity contribution in [3.8, 4) is 0 Å². The molecule has 0 aliphatic heterocycles. The molecular formula is C13H24N4. The van der Waals surface area contributed by atoms with Crippen LogP contribution in [0, 0.1) is 0 Å². The summed E-state index contributed by atoms with van der Waals surface area (Å²) in [6.07, 6.45) is 4.11. The Hall–Kier alpha value is -1.29. The van der Waals surface area contributed by atoms with E-state index in [1.54, 1.807) is 6.20 Å². The molecule has 17 heavy (non-hydrogen) atoms. The predicted molar refractivity (Wildman–Crippen MR) is 74.2 cm³/mol. The second-order valence-electron chi connectivity index (χ2n) is 4.10. The van der Waals surface area contributed by atoms with Crippen molar-refractivity contribution in [1.82, 2.24) is 9.88 Å².